The number of amides is 1. The first-order valence-corrected chi connectivity index (χ1v) is 12.5. The summed E-state index contributed by atoms with van der Waals surface area (Å²) in [6.07, 6.45) is 6.99. The molecule has 34 heavy (non-hydrogen) atoms. The number of rotatable bonds is 5. The Balaban J connectivity index is 1.47. The number of fused-ring (bicyclic) bond motifs is 1. The number of aromatic nitrogens is 2. The van der Waals surface area contributed by atoms with E-state index >= 15 is 0 Å². The molecule has 5 rings (SSSR count). The van der Waals surface area contributed by atoms with Gasteiger partial charge in [-0.05, 0) is 25.0 Å². The van der Waals surface area contributed by atoms with Gasteiger partial charge < -0.3 is 24.2 Å². The zero-order chi connectivity index (χ0) is 23.5. The summed E-state index contributed by atoms with van der Waals surface area (Å²) in [6, 6.07) is 7.93. The number of benzene rings is 1. The fourth-order valence-corrected chi connectivity index (χ4v) is 5.38. The number of hydrogen-bond donors (Lipinski definition) is 0. The highest BCUT2D eigenvalue weighted by atomic mass is 16.5. The van der Waals surface area contributed by atoms with Gasteiger partial charge in [-0.2, -0.15) is 4.98 Å². The summed E-state index contributed by atoms with van der Waals surface area (Å²) in [7, 11) is 3.74. The first-order chi connectivity index (χ1) is 16.7. The van der Waals surface area contributed by atoms with Crippen molar-refractivity contribution in [3.63, 3.8) is 0 Å². The smallest absolute Gasteiger partial charge is 0.257 e. The van der Waals surface area contributed by atoms with Crippen LogP contribution in [0.2, 0.25) is 0 Å². The van der Waals surface area contributed by atoms with Crippen LogP contribution in [-0.4, -0.2) is 73.8 Å². The number of hydrogen-bond acceptors (Lipinski definition) is 7. The third-order valence-electron chi connectivity index (χ3n) is 7.40. The van der Waals surface area contributed by atoms with E-state index in [0.29, 0.717) is 43.7 Å². The lowest BCUT2D eigenvalue weighted by molar-refractivity contribution is 0.0729. The molecule has 0 atom stereocenters. The molecule has 1 saturated heterocycles. The highest BCUT2D eigenvalue weighted by Gasteiger charge is 2.31. The lowest BCUT2D eigenvalue weighted by Crippen LogP contribution is -2.42. The number of carbonyl (C=O) groups excluding carboxylic acids is 1. The van der Waals surface area contributed by atoms with E-state index in [9.17, 15) is 4.79 Å². The molecule has 1 aromatic heterocycles. The molecular formula is C26H35N5O3. The molecule has 3 heterocycles. The van der Waals surface area contributed by atoms with Crippen LogP contribution in [0.4, 0.5) is 11.8 Å². The molecule has 2 aliphatic heterocycles. The second-order valence-electron chi connectivity index (χ2n) is 9.45. The van der Waals surface area contributed by atoms with Crippen LogP contribution < -0.4 is 14.5 Å². The van der Waals surface area contributed by atoms with Gasteiger partial charge in [-0.25, -0.2) is 4.98 Å². The molecule has 1 aromatic carbocycles. The third-order valence-corrected chi connectivity index (χ3v) is 7.40. The zero-order valence-electron chi connectivity index (χ0n) is 20.3. The van der Waals surface area contributed by atoms with E-state index in [-0.39, 0.29) is 5.91 Å². The van der Waals surface area contributed by atoms with Crippen LogP contribution in [-0.2, 0) is 17.7 Å². The standard InChI is InChI=1S/C26H35N5O3/c1-29(19-8-4-3-5-9-19)26-27-22-12-13-31(25(32)20-10-6-7-11-23(20)33-2)18-21(22)24(28-26)30-14-16-34-17-15-30/h6-7,10-11,19H,3-5,8-9,12-18H2,1-2H3. The fourth-order valence-electron chi connectivity index (χ4n) is 5.38. The molecule has 0 bridgehead atoms. The Kier molecular flexibility index (Phi) is 6.85. The maximum absolute atomic E-state index is 13.4. The van der Waals surface area contributed by atoms with Gasteiger partial charge in [-0.3, -0.25) is 4.79 Å². The van der Waals surface area contributed by atoms with E-state index in [1.807, 2.05) is 29.2 Å². The van der Waals surface area contributed by atoms with Crippen molar-refractivity contribution in [2.24, 2.45) is 0 Å². The van der Waals surface area contributed by atoms with Crippen LogP contribution in [0.1, 0.15) is 53.7 Å². The van der Waals surface area contributed by atoms with Gasteiger partial charge >= 0.3 is 0 Å². The average molecular weight is 466 g/mol. The lowest BCUT2D eigenvalue weighted by atomic mass is 9.95. The summed E-state index contributed by atoms with van der Waals surface area (Å²) < 4.78 is 11.1. The number of para-hydroxylation sites is 1. The highest BCUT2D eigenvalue weighted by molar-refractivity contribution is 5.97. The molecule has 0 N–H and O–H groups in total. The van der Waals surface area contributed by atoms with Crippen molar-refractivity contribution in [1.29, 1.82) is 0 Å². The first kappa shape index (κ1) is 22.9. The van der Waals surface area contributed by atoms with Crippen LogP contribution in [0.3, 0.4) is 0 Å². The monoisotopic (exact) mass is 465 g/mol. The Morgan fingerprint density at radius 1 is 1.09 bits per heavy atom. The molecule has 1 saturated carbocycles. The fraction of sp³-hybridized carbons (Fsp3) is 0.577. The summed E-state index contributed by atoms with van der Waals surface area (Å²) in [5.74, 6) is 2.37. The van der Waals surface area contributed by atoms with E-state index in [1.165, 1.54) is 32.1 Å². The Labute approximate surface area is 201 Å². The number of ether oxygens (including phenoxy) is 2. The number of methoxy groups -OCH3 is 1. The number of morpholine rings is 1. The predicted molar refractivity (Wildman–Crippen MR) is 132 cm³/mol. The average Bonchev–Trinajstić information content (AvgIpc) is 2.92. The quantitative estimate of drug-likeness (QED) is 0.671. The molecule has 0 radical (unpaired) electrons. The largest absolute Gasteiger partial charge is 0.496 e. The molecule has 3 aliphatic rings. The third kappa shape index (κ3) is 4.56. The maximum atomic E-state index is 13.4. The van der Waals surface area contributed by atoms with Crippen LogP contribution in [0.25, 0.3) is 0 Å². The minimum atomic E-state index is -0.0144. The van der Waals surface area contributed by atoms with Crippen LogP contribution in [0.15, 0.2) is 24.3 Å². The Morgan fingerprint density at radius 3 is 2.62 bits per heavy atom. The minimum Gasteiger partial charge on any atom is -0.496 e. The molecule has 2 fully saturated rings. The molecule has 8 heteroatoms. The Bertz CT molecular complexity index is 1020. The summed E-state index contributed by atoms with van der Waals surface area (Å²) in [4.78, 5) is 30.1. The summed E-state index contributed by atoms with van der Waals surface area (Å²) >= 11 is 0. The van der Waals surface area contributed by atoms with Gasteiger partial charge in [0.25, 0.3) is 5.91 Å². The van der Waals surface area contributed by atoms with Crippen LogP contribution >= 0.6 is 0 Å². The topological polar surface area (TPSA) is 71.0 Å². The van der Waals surface area contributed by atoms with Crippen molar-refractivity contribution in [3.8, 4) is 5.75 Å². The molecule has 0 spiro atoms. The van der Waals surface area contributed by atoms with Crippen molar-refractivity contribution in [3.05, 3.63) is 41.1 Å². The number of carbonyl (C=O) groups is 1. The summed E-state index contributed by atoms with van der Waals surface area (Å²) in [5, 5.41) is 0. The molecule has 1 amide bonds. The van der Waals surface area contributed by atoms with E-state index in [4.69, 9.17) is 19.4 Å². The van der Waals surface area contributed by atoms with E-state index < -0.39 is 0 Å². The zero-order valence-corrected chi connectivity index (χ0v) is 20.3. The van der Waals surface area contributed by atoms with Gasteiger partial charge in [0.15, 0.2) is 0 Å². The molecule has 0 unspecified atom stereocenters. The normalized spacial score (nSPS) is 19.0. The van der Waals surface area contributed by atoms with Crippen LogP contribution in [0.5, 0.6) is 5.75 Å². The Hall–Kier alpha value is -2.87. The van der Waals surface area contributed by atoms with Gasteiger partial charge in [-0.1, -0.05) is 31.4 Å². The van der Waals surface area contributed by atoms with E-state index in [0.717, 1.165) is 42.5 Å². The van der Waals surface area contributed by atoms with Crippen molar-refractivity contribution in [1.82, 2.24) is 14.9 Å². The van der Waals surface area contributed by atoms with Gasteiger partial charge in [0.1, 0.15) is 11.6 Å². The summed E-state index contributed by atoms with van der Waals surface area (Å²) in [5.41, 5.74) is 2.73. The van der Waals surface area contributed by atoms with Gasteiger partial charge in [0.2, 0.25) is 5.95 Å². The van der Waals surface area contributed by atoms with Crippen molar-refractivity contribution in [2.75, 3.05) is 56.8 Å². The maximum Gasteiger partial charge on any atom is 0.257 e. The molecule has 1 aliphatic carbocycles. The second-order valence-corrected chi connectivity index (χ2v) is 9.45. The van der Waals surface area contributed by atoms with E-state index in [2.05, 4.69) is 16.8 Å². The Morgan fingerprint density at radius 2 is 1.85 bits per heavy atom. The number of anilines is 2. The molecular weight excluding hydrogens is 430 g/mol. The first-order valence-electron chi connectivity index (χ1n) is 12.5. The molecule has 2 aromatic rings. The van der Waals surface area contributed by atoms with E-state index in [1.54, 1.807) is 7.11 Å². The van der Waals surface area contributed by atoms with Crippen molar-refractivity contribution < 1.29 is 14.3 Å². The number of nitrogens with zero attached hydrogens (tertiary/aromatic N) is 5. The lowest BCUT2D eigenvalue weighted by Gasteiger charge is -2.37. The van der Waals surface area contributed by atoms with Gasteiger partial charge in [-0.15, -0.1) is 0 Å². The van der Waals surface area contributed by atoms with Gasteiger partial charge in [0.05, 0.1) is 38.1 Å². The van der Waals surface area contributed by atoms with Crippen LogP contribution in [0, 0.1) is 0 Å². The molecule has 182 valence electrons. The summed E-state index contributed by atoms with van der Waals surface area (Å²) in [6.45, 7) is 4.13. The SMILES string of the molecule is COc1ccccc1C(=O)N1CCc2nc(N(C)C3CCCCC3)nc(N3CCOCC3)c2C1. The minimum absolute atomic E-state index is 0.0144. The van der Waals surface area contributed by atoms with Gasteiger partial charge in [0, 0.05) is 44.7 Å². The predicted octanol–water partition coefficient (Wildman–Crippen LogP) is 3.29. The van der Waals surface area contributed by atoms with Crippen molar-refractivity contribution in [2.45, 2.75) is 51.1 Å². The van der Waals surface area contributed by atoms with Crippen molar-refractivity contribution >= 4 is 17.7 Å². The second kappa shape index (κ2) is 10.2. The molecule has 8 nitrogen and oxygen atoms in total. The highest BCUT2D eigenvalue weighted by Crippen LogP contribution is 2.32.